The molecule has 6 aromatic rings. The van der Waals surface area contributed by atoms with Crippen LogP contribution in [0, 0.1) is 13.8 Å². The normalized spacial score (nSPS) is 17.0. The van der Waals surface area contributed by atoms with Crippen LogP contribution in [-0.4, -0.2) is 9.52 Å². The molecule has 0 nitrogen and oxygen atoms in total. The van der Waals surface area contributed by atoms with Crippen molar-refractivity contribution in [1.82, 2.24) is 0 Å². The molecule has 2 aliphatic rings. The molecule has 0 saturated heterocycles. The van der Waals surface area contributed by atoms with E-state index in [0.29, 0.717) is 21.7 Å². The second-order valence-electron chi connectivity index (χ2n) is 17.5. The van der Waals surface area contributed by atoms with Crippen LogP contribution in [0.15, 0.2) is 109 Å². The Morgan fingerprint density at radius 3 is 1.04 bits per heavy atom. The van der Waals surface area contributed by atoms with Crippen LogP contribution in [0.2, 0.25) is 0 Å². The summed E-state index contributed by atoms with van der Waals surface area (Å²) in [5.74, 6) is 0. The van der Waals surface area contributed by atoms with Crippen LogP contribution in [0.5, 0.6) is 0 Å². The summed E-state index contributed by atoms with van der Waals surface area (Å²) in [5.41, 5.74) is 10.3. The Hall–Kier alpha value is -2.22. The van der Waals surface area contributed by atoms with Crippen LogP contribution in [0.25, 0.3) is 21.5 Å². The van der Waals surface area contributed by atoms with Crippen LogP contribution in [0.1, 0.15) is 114 Å². The molecular weight excluding hydrogens is 767 g/mol. The van der Waals surface area contributed by atoms with E-state index >= 15 is 0 Å². The molecule has 6 aromatic carbocycles. The van der Waals surface area contributed by atoms with E-state index < -0.39 is 0 Å². The van der Waals surface area contributed by atoms with Crippen molar-refractivity contribution in [2.45, 2.75) is 117 Å². The largest absolute Gasteiger partial charge is 4.00 e. The minimum absolute atomic E-state index is 0. The van der Waals surface area contributed by atoms with Crippen LogP contribution >= 0.6 is 0 Å². The van der Waals surface area contributed by atoms with Crippen molar-refractivity contribution >= 4 is 41.4 Å². The Kier molecular flexibility index (Phi) is 14.5. The Morgan fingerprint density at radius 1 is 0.442 bits per heavy atom. The van der Waals surface area contributed by atoms with E-state index in [0.717, 1.165) is 9.52 Å². The van der Waals surface area contributed by atoms with Crippen molar-refractivity contribution < 1.29 is 51.0 Å². The smallest absolute Gasteiger partial charge is 1.00 e. The van der Waals surface area contributed by atoms with Gasteiger partial charge in [0.2, 0.25) is 0 Å². The van der Waals surface area contributed by atoms with Gasteiger partial charge in [-0.3, -0.25) is 0 Å². The maximum atomic E-state index is 2.44. The molecule has 0 aromatic heterocycles. The molecule has 0 heterocycles. The van der Waals surface area contributed by atoms with E-state index in [-0.39, 0.29) is 51.0 Å². The van der Waals surface area contributed by atoms with Crippen LogP contribution < -0.4 is 35.2 Å². The number of rotatable bonds is 2. The Balaban J connectivity index is 0.000000207. The fourth-order valence-electron chi connectivity index (χ4n) is 8.07. The molecule has 0 unspecified atom stereocenters. The van der Waals surface area contributed by atoms with Crippen molar-refractivity contribution in [1.29, 1.82) is 0 Å². The van der Waals surface area contributed by atoms with E-state index in [4.69, 9.17) is 0 Å². The fourth-order valence-corrected chi connectivity index (χ4v) is 9.12. The van der Waals surface area contributed by atoms with Gasteiger partial charge in [-0.05, 0) is 47.3 Å². The zero-order chi connectivity index (χ0) is 35.2. The number of halogens is 2. The van der Waals surface area contributed by atoms with Crippen molar-refractivity contribution in [3.8, 4) is 0 Å². The molecule has 4 heteroatoms. The summed E-state index contributed by atoms with van der Waals surface area (Å²) < 4.78 is 0. The van der Waals surface area contributed by atoms with E-state index in [2.05, 4.69) is 178 Å². The third-order valence-corrected chi connectivity index (χ3v) is 12.7. The third-order valence-electron chi connectivity index (χ3n) is 11.5. The zero-order valence-electron chi connectivity index (χ0n) is 33.0. The monoisotopic (exact) mass is 820 g/mol. The number of hydrogen-bond donors (Lipinski definition) is 0. The first-order valence-corrected chi connectivity index (χ1v) is 19.4. The summed E-state index contributed by atoms with van der Waals surface area (Å²) in [4.78, 5) is 0. The molecular formula is C48H56Cl2SiZr. The van der Waals surface area contributed by atoms with Crippen LogP contribution in [-0.2, 0) is 47.9 Å². The second-order valence-corrected chi connectivity index (χ2v) is 18.9. The van der Waals surface area contributed by atoms with Crippen molar-refractivity contribution in [2.24, 2.45) is 0 Å². The molecule has 0 spiro atoms. The number of aryl methyl sites for hydroxylation is 2. The molecule has 0 atom stereocenters. The minimum Gasteiger partial charge on any atom is -1.00 e. The van der Waals surface area contributed by atoms with E-state index in [1.165, 1.54) is 68.7 Å². The SMILES string of the molecule is Cc1cc2cc3c(cc2[cH-]1)C(C)(C)CCC3(C)C.Cc1cc2cc3c(cc2[cH-]1)C(C)(C)CCC3(C)C.[Cl-].[Cl-].[Zr+4].c1ccc([Si]c2ccccc2)cc1. The average molecular weight is 823 g/mol. The van der Waals surface area contributed by atoms with Gasteiger partial charge in [0.25, 0.3) is 0 Å². The number of fused-ring (bicyclic) bond motifs is 4. The molecule has 0 aliphatic heterocycles. The Bertz CT molecular complexity index is 1810. The van der Waals surface area contributed by atoms with Crippen LogP contribution in [0.3, 0.4) is 0 Å². The maximum absolute atomic E-state index is 2.44. The summed E-state index contributed by atoms with van der Waals surface area (Å²) in [5, 5.41) is 8.45. The molecule has 0 saturated carbocycles. The van der Waals surface area contributed by atoms with Gasteiger partial charge in [0.15, 0.2) is 0 Å². The summed E-state index contributed by atoms with van der Waals surface area (Å²) in [6, 6.07) is 40.2. The molecule has 270 valence electrons. The molecule has 0 amide bonds. The minimum atomic E-state index is 0. The summed E-state index contributed by atoms with van der Waals surface area (Å²) in [6.45, 7) is 23.5. The number of hydrogen-bond acceptors (Lipinski definition) is 0. The van der Waals surface area contributed by atoms with Gasteiger partial charge in [0, 0.05) is 0 Å². The molecule has 2 radical (unpaired) electrons. The van der Waals surface area contributed by atoms with Crippen molar-refractivity contribution in [3.63, 3.8) is 0 Å². The van der Waals surface area contributed by atoms with Crippen molar-refractivity contribution in [2.75, 3.05) is 0 Å². The second kappa shape index (κ2) is 17.1. The van der Waals surface area contributed by atoms with Gasteiger partial charge in [-0.1, -0.05) is 163 Å². The zero-order valence-corrected chi connectivity index (χ0v) is 37.9. The van der Waals surface area contributed by atoms with Gasteiger partial charge >= 0.3 is 26.2 Å². The number of benzene rings is 4. The summed E-state index contributed by atoms with van der Waals surface area (Å²) >= 11 is 0. The summed E-state index contributed by atoms with van der Waals surface area (Å²) in [7, 11) is 0.777. The quantitative estimate of drug-likeness (QED) is 0.154. The maximum Gasteiger partial charge on any atom is 4.00 e. The third kappa shape index (κ3) is 9.71. The van der Waals surface area contributed by atoms with Gasteiger partial charge in [-0.15, -0.1) is 69.1 Å². The van der Waals surface area contributed by atoms with Gasteiger partial charge < -0.3 is 24.8 Å². The van der Waals surface area contributed by atoms with Gasteiger partial charge in [-0.2, -0.15) is 12.1 Å². The predicted molar refractivity (Wildman–Crippen MR) is 217 cm³/mol. The molecule has 52 heavy (non-hydrogen) atoms. The molecule has 8 rings (SSSR count). The van der Waals surface area contributed by atoms with E-state index in [9.17, 15) is 0 Å². The molecule has 0 fully saturated rings. The van der Waals surface area contributed by atoms with Crippen molar-refractivity contribution in [3.05, 3.63) is 143 Å². The first kappa shape index (κ1) is 44.2. The fraction of sp³-hybridized carbons (Fsp3) is 0.375. The van der Waals surface area contributed by atoms with E-state index in [1.807, 2.05) is 0 Å². The van der Waals surface area contributed by atoms with E-state index in [1.54, 1.807) is 22.3 Å². The standard InChI is InChI=1S/2C18H23.C12H10Si.2ClH.Zr/c2*1-12-8-13-10-15-16(11-14(13)9-12)18(4,5)7-6-17(15,2)3;1-3-7-11(8-4-1)13-12-9-5-2-6-10-12;;;/h2*8-11H,6-7H2,1-5H3;1-10H;2*1H;/q2*-1;;;;+4/p-2. The van der Waals surface area contributed by atoms with Crippen LogP contribution in [0.4, 0.5) is 0 Å². The average Bonchev–Trinajstić information content (AvgIpc) is 3.62. The van der Waals surface area contributed by atoms with Gasteiger partial charge in [-0.25, -0.2) is 0 Å². The first-order chi connectivity index (χ1) is 23.0. The first-order valence-electron chi connectivity index (χ1n) is 18.4. The molecule has 0 bridgehead atoms. The van der Waals surface area contributed by atoms with Gasteiger partial charge in [0.05, 0.1) is 0 Å². The molecule has 0 N–H and O–H groups in total. The summed E-state index contributed by atoms with van der Waals surface area (Å²) in [6.07, 6.45) is 5.16. The molecule has 2 aliphatic carbocycles. The van der Waals surface area contributed by atoms with Gasteiger partial charge in [0.1, 0.15) is 9.52 Å². The Labute approximate surface area is 349 Å². The topological polar surface area (TPSA) is 0 Å². The predicted octanol–water partition coefficient (Wildman–Crippen LogP) is 5.78. The Morgan fingerprint density at radius 2 is 0.731 bits per heavy atom.